The first-order valence-corrected chi connectivity index (χ1v) is 10.8. The zero-order chi connectivity index (χ0) is 23.6. The van der Waals surface area contributed by atoms with Crippen LogP contribution in [0.3, 0.4) is 0 Å². The van der Waals surface area contributed by atoms with E-state index in [2.05, 4.69) is 5.32 Å². The zero-order valence-electron chi connectivity index (χ0n) is 18.3. The molecule has 0 spiro atoms. The van der Waals surface area contributed by atoms with Crippen molar-refractivity contribution in [3.05, 3.63) is 62.5 Å². The van der Waals surface area contributed by atoms with Crippen molar-refractivity contribution >= 4 is 45.0 Å². The number of hydrogen-bond donors (Lipinski definition) is 1. The van der Waals surface area contributed by atoms with Crippen molar-refractivity contribution in [1.29, 1.82) is 0 Å². The number of hydrogen-bond acceptors (Lipinski definition) is 8. The molecular formula is C23H23NO7S. The predicted molar refractivity (Wildman–Crippen MR) is 121 cm³/mol. The Balaban J connectivity index is 2.02. The van der Waals surface area contributed by atoms with Crippen LogP contribution in [-0.2, 0) is 9.47 Å². The molecule has 0 radical (unpaired) electrons. The Morgan fingerprint density at radius 2 is 1.62 bits per heavy atom. The van der Waals surface area contributed by atoms with Crippen molar-refractivity contribution in [2.75, 3.05) is 5.32 Å². The third kappa shape index (κ3) is 4.88. The van der Waals surface area contributed by atoms with Gasteiger partial charge in [-0.3, -0.25) is 4.79 Å². The molecule has 8 nitrogen and oxygen atoms in total. The van der Waals surface area contributed by atoms with Gasteiger partial charge < -0.3 is 19.2 Å². The maximum atomic E-state index is 12.9. The lowest BCUT2D eigenvalue weighted by atomic mass is 10.1. The molecule has 3 rings (SSSR count). The van der Waals surface area contributed by atoms with Gasteiger partial charge in [0.2, 0.25) is 0 Å². The molecule has 32 heavy (non-hydrogen) atoms. The molecule has 0 unspecified atom stereocenters. The van der Waals surface area contributed by atoms with Crippen LogP contribution in [0.5, 0.6) is 0 Å². The van der Waals surface area contributed by atoms with E-state index < -0.39 is 29.6 Å². The van der Waals surface area contributed by atoms with Crippen molar-refractivity contribution in [3.63, 3.8) is 0 Å². The van der Waals surface area contributed by atoms with Crippen molar-refractivity contribution in [3.8, 4) is 0 Å². The first-order chi connectivity index (χ1) is 15.1. The topological polar surface area (TPSA) is 112 Å². The van der Waals surface area contributed by atoms with Crippen LogP contribution < -0.4 is 10.9 Å². The Kier molecular flexibility index (Phi) is 6.78. The molecule has 1 amide bonds. The summed E-state index contributed by atoms with van der Waals surface area (Å²) in [6.07, 6.45) is -0.769. The number of carbonyl (C=O) groups is 3. The molecule has 0 bridgehead atoms. The van der Waals surface area contributed by atoms with E-state index in [1.165, 1.54) is 6.07 Å². The predicted octanol–water partition coefficient (Wildman–Crippen LogP) is 4.55. The first kappa shape index (κ1) is 23.2. The summed E-state index contributed by atoms with van der Waals surface area (Å²) in [5.74, 6) is -2.27. The average molecular weight is 458 g/mol. The smallest absolute Gasteiger partial charge is 0.348 e. The van der Waals surface area contributed by atoms with Gasteiger partial charge in [0.05, 0.1) is 23.2 Å². The van der Waals surface area contributed by atoms with Gasteiger partial charge in [-0.25, -0.2) is 14.4 Å². The molecule has 2 heterocycles. The molecule has 168 valence electrons. The van der Waals surface area contributed by atoms with Crippen molar-refractivity contribution in [1.82, 2.24) is 0 Å². The van der Waals surface area contributed by atoms with Crippen LogP contribution in [0.1, 0.15) is 63.8 Å². The van der Waals surface area contributed by atoms with Gasteiger partial charge >= 0.3 is 17.6 Å². The van der Waals surface area contributed by atoms with E-state index in [0.717, 1.165) is 11.3 Å². The quantitative estimate of drug-likeness (QED) is 0.541. The molecule has 3 aromatic rings. The number of benzene rings is 1. The van der Waals surface area contributed by atoms with Crippen LogP contribution >= 0.6 is 11.3 Å². The highest BCUT2D eigenvalue weighted by Crippen LogP contribution is 2.35. The standard InChI is InChI=1S/C23H23NO7S/c1-11(2)29-22(27)17-13(5)18(23(28)30-12(3)4)32-20(17)24-19(25)16-10-14-8-6-7-9-15(14)21(26)31-16/h6-12H,1-5H3,(H,24,25). The van der Waals surface area contributed by atoms with Crippen molar-refractivity contribution < 1.29 is 28.3 Å². The number of thiophene rings is 1. The number of carbonyl (C=O) groups excluding carboxylic acids is 3. The maximum absolute atomic E-state index is 12.9. The molecule has 0 saturated heterocycles. The Labute approximate surface area is 188 Å². The number of nitrogens with one attached hydrogen (secondary N) is 1. The second kappa shape index (κ2) is 9.35. The number of ether oxygens (including phenoxy) is 2. The third-order valence-electron chi connectivity index (χ3n) is 4.34. The lowest BCUT2D eigenvalue weighted by Gasteiger charge is -2.10. The van der Waals surface area contributed by atoms with Gasteiger partial charge in [-0.2, -0.15) is 0 Å². The lowest BCUT2D eigenvalue weighted by molar-refractivity contribution is 0.0378. The van der Waals surface area contributed by atoms with Gasteiger partial charge in [0.25, 0.3) is 5.91 Å². The number of rotatable bonds is 6. The third-order valence-corrected chi connectivity index (χ3v) is 5.53. The highest BCUT2D eigenvalue weighted by Gasteiger charge is 2.29. The molecule has 0 aliphatic rings. The highest BCUT2D eigenvalue weighted by atomic mass is 32.1. The first-order valence-electron chi connectivity index (χ1n) is 9.98. The van der Waals surface area contributed by atoms with E-state index in [1.54, 1.807) is 58.9 Å². The summed E-state index contributed by atoms with van der Waals surface area (Å²) in [5.41, 5.74) is -0.270. The van der Waals surface area contributed by atoms with Crippen LogP contribution in [0.15, 0.2) is 39.5 Å². The average Bonchev–Trinajstić information content (AvgIpc) is 3.03. The fourth-order valence-corrected chi connectivity index (χ4v) is 4.07. The van der Waals surface area contributed by atoms with E-state index in [0.29, 0.717) is 16.3 Å². The van der Waals surface area contributed by atoms with Crippen LogP contribution in [0.25, 0.3) is 10.8 Å². The molecule has 0 aliphatic carbocycles. The Morgan fingerprint density at radius 1 is 1.00 bits per heavy atom. The maximum Gasteiger partial charge on any atom is 0.348 e. The SMILES string of the molecule is Cc1c(C(=O)OC(C)C)sc(NC(=O)c2cc3ccccc3c(=O)o2)c1C(=O)OC(C)C. The minimum Gasteiger partial charge on any atom is -0.459 e. The number of amides is 1. The molecule has 0 saturated carbocycles. The second-order valence-electron chi connectivity index (χ2n) is 7.61. The van der Waals surface area contributed by atoms with E-state index in [1.807, 2.05) is 0 Å². The van der Waals surface area contributed by atoms with Gasteiger partial charge in [-0.1, -0.05) is 18.2 Å². The summed E-state index contributed by atoms with van der Waals surface area (Å²) in [6.45, 7) is 8.37. The van der Waals surface area contributed by atoms with Crippen LogP contribution in [0, 0.1) is 6.92 Å². The molecule has 9 heteroatoms. The highest BCUT2D eigenvalue weighted by molar-refractivity contribution is 7.18. The van der Waals surface area contributed by atoms with Crippen molar-refractivity contribution in [2.24, 2.45) is 0 Å². The van der Waals surface area contributed by atoms with Crippen LogP contribution in [-0.4, -0.2) is 30.1 Å². The van der Waals surface area contributed by atoms with E-state index in [4.69, 9.17) is 13.9 Å². The molecule has 2 aromatic heterocycles. The summed E-state index contributed by atoms with van der Waals surface area (Å²) in [5, 5.41) is 3.56. The Morgan fingerprint density at radius 3 is 2.28 bits per heavy atom. The molecule has 1 N–H and O–H groups in total. The van der Waals surface area contributed by atoms with Gasteiger partial charge in [-0.05, 0) is 57.7 Å². The Hall–Kier alpha value is -3.46. The van der Waals surface area contributed by atoms with Crippen LogP contribution in [0.2, 0.25) is 0 Å². The molecular weight excluding hydrogens is 434 g/mol. The van der Waals surface area contributed by atoms with E-state index in [9.17, 15) is 19.2 Å². The lowest BCUT2D eigenvalue weighted by Crippen LogP contribution is -2.18. The zero-order valence-corrected chi connectivity index (χ0v) is 19.1. The van der Waals surface area contributed by atoms with Gasteiger partial charge in [-0.15, -0.1) is 11.3 Å². The fourth-order valence-electron chi connectivity index (χ4n) is 2.99. The second-order valence-corrected chi connectivity index (χ2v) is 8.63. The van der Waals surface area contributed by atoms with Gasteiger partial charge in [0.15, 0.2) is 5.76 Å². The summed E-state index contributed by atoms with van der Waals surface area (Å²) < 4.78 is 15.7. The van der Waals surface area contributed by atoms with E-state index in [-0.39, 0.29) is 27.3 Å². The number of anilines is 1. The minimum absolute atomic E-state index is 0.0518. The number of esters is 2. The molecule has 0 aliphatic heterocycles. The van der Waals surface area contributed by atoms with Gasteiger partial charge in [0.1, 0.15) is 9.88 Å². The summed E-state index contributed by atoms with van der Waals surface area (Å²) in [6, 6.07) is 8.14. The van der Waals surface area contributed by atoms with Crippen LogP contribution in [0.4, 0.5) is 5.00 Å². The van der Waals surface area contributed by atoms with Gasteiger partial charge in [0, 0.05) is 0 Å². The molecule has 0 fully saturated rings. The largest absolute Gasteiger partial charge is 0.459 e. The normalized spacial score (nSPS) is 11.1. The monoisotopic (exact) mass is 457 g/mol. The summed E-state index contributed by atoms with van der Waals surface area (Å²) >= 11 is 0.895. The Bertz CT molecular complexity index is 1250. The van der Waals surface area contributed by atoms with E-state index >= 15 is 0 Å². The summed E-state index contributed by atoms with van der Waals surface area (Å²) in [4.78, 5) is 50.5. The number of fused-ring (bicyclic) bond motifs is 1. The summed E-state index contributed by atoms with van der Waals surface area (Å²) in [7, 11) is 0. The molecule has 0 atom stereocenters. The minimum atomic E-state index is -0.739. The fraction of sp³-hybridized carbons (Fsp3) is 0.304. The molecule has 1 aromatic carbocycles. The van der Waals surface area contributed by atoms with Crippen molar-refractivity contribution in [2.45, 2.75) is 46.8 Å².